The number of esters is 1. The van der Waals surface area contributed by atoms with Gasteiger partial charge in [-0.2, -0.15) is 0 Å². The molecule has 0 saturated carbocycles. The summed E-state index contributed by atoms with van der Waals surface area (Å²) in [4.78, 5) is 34.4. The molecule has 0 aliphatic heterocycles. The van der Waals surface area contributed by atoms with E-state index in [4.69, 9.17) is 20.0 Å². The number of carbonyl (C=O) groups is 2. The monoisotopic (exact) mass is 355 g/mol. The van der Waals surface area contributed by atoms with Crippen LogP contribution in [0.15, 0.2) is 51.7 Å². The summed E-state index contributed by atoms with van der Waals surface area (Å²) in [6, 6.07) is 11.4. The molecule has 1 aromatic heterocycles. The molecule has 7 nitrogen and oxygen atoms in total. The molecule has 1 unspecified atom stereocenters. The molecule has 0 aliphatic carbocycles. The molecule has 0 bridgehead atoms. The number of hydrogen-bond donors (Lipinski definition) is 2. The van der Waals surface area contributed by atoms with E-state index in [2.05, 4.69) is 0 Å². The highest BCUT2D eigenvalue weighted by atomic mass is 16.5. The van der Waals surface area contributed by atoms with Crippen LogP contribution in [0.3, 0.4) is 0 Å². The van der Waals surface area contributed by atoms with Gasteiger partial charge in [0.05, 0.1) is 0 Å². The zero-order chi connectivity index (χ0) is 18.7. The Balaban J connectivity index is 1.82. The predicted molar refractivity (Wildman–Crippen MR) is 94.6 cm³/mol. The van der Waals surface area contributed by atoms with Gasteiger partial charge in [0.15, 0.2) is 0 Å². The summed E-state index contributed by atoms with van der Waals surface area (Å²) in [5.41, 5.74) is 5.79. The van der Waals surface area contributed by atoms with Crippen molar-refractivity contribution in [3.8, 4) is 0 Å². The molecule has 1 atom stereocenters. The fourth-order valence-electron chi connectivity index (χ4n) is 2.70. The van der Waals surface area contributed by atoms with E-state index in [0.717, 1.165) is 10.8 Å². The molecule has 1 heterocycles. The topological polar surface area (TPSA) is 120 Å². The molecule has 0 aliphatic rings. The van der Waals surface area contributed by atoms with Gasteiger partial charge in [0.2, 0.25) is 0 Å². The third kappa shape index (κ3) is 3.73. The number of aliphatic carboxylic acids is 1. The minimum Gasteiger partial charge on any atom is -0.480 e. The van der Waals surface area contributed by atoms with Gasteiger partial charge in [-0.1, -0.05) is 36.4 Å². The first-order chi connectivity index (χ1) is 12.5. The fourth-order valence-corrected chi connectivity index (χ4v) is 2.70. The van der Waals surface area contributed by atoms with Crippen molar-refractivity contribution in [2.45, 2.75) is 25.5 Å². The first-order valence-corrected chi connectivity index (χ1v) is 8.04. The third-order valence-electron chi connectivity index (χ3n) is 4.09. The number of nitrogens with two attached hydrogens (primary N) is 1. The number of carbonyl (C=O) groups excluding carboxylic acids is 1. The maximum atomic E-state index is 11.9. The molecule has 3 rings (SSSR count). The van der Waals surface area contributed by atoms with Gasteiger partial charge in [0.25, 0.3) is 0 Å². The van der Waals surface area contributed by atoms with Crippen molar-refractivity contribution in [3.05, 3.63) is 58.4 Å². The Morgan fingerprint density at radius 2 is 1.92 bits per heavy atom. The highest BCUT2D eigenvalue weighted by Gasteiger charge is 2.15. The Kier molecular flexibility index (Phi) is 4.99. The second-order valence-electron chi connectivity index (χ2n) is 5.90. The van der Waals surface area contributed by atoms with Crippen LogP contribution in [-0.2, 0) is 20.9 Å². The van der Waals surface area contributed by atoms with Gasteiger partial charge in [0.1, 0.15) is 18.2 Å². The van der Waals surface area contributed by atoms with E-state index in [1.807, 2.05) is 36.4 Å². The number of carboxylic acid groups (broad SMARTS) is 1. The molecular formula is C19H17NO6. The van der Waals surface area contributed by atoms with Crippen molar-refractivity contribution in [2.24, 2.45) is 5.73 Å². The van der Waals surface area contributed by atoms with E-state index in [1.54, 1.807) is 0 Å². The summed E-state index contributed by atoms with van der Waals surface area (Å²) in [6.45, 7) is -0.110. The number of ether oxygens (including phenoxy) is 1. The fraction of sp³-hybridized carbons (Fsp3) is 0.211. The Morgan fingerprint density at radius 1 is 1.15 bits per heavy atom. The number of hydrogen-bond acceptors (Lipinski definition) is 6. The molecule has 0 saturated heterocycles. The van der Waals surface area contributed by atoms with Crippen molar-refractivity contribution in [2.75, 3.05) is 0 Å². The van der Waals surface area contributed by atoms with Crippen LogP contribution in [0.2, 0.25) is 0 Å². The molecule has 0 spiro atoms. The first kappa shape index (κ1) is 17.6. The summed E-state index contributed by atoms with van der Waals surface area (Å²) in [7, 11) is 0. The van der Waals surface area contributed by atoms with Crippen LogP contribution >= 0.6 is 0 Å². The smallest absolute Gasteiger partial charge is 0.336 e. The van der Waals surface area contributed by atoms with Crippen LogP contribution in [0.25, 0.3) is 21.7 Å². The zero-order valence-corrected chi connectivity index (χ0v) is 13.8. The lowest BCUT2D eigenvalue weighted by atomic mass is 10.0. The van der Waals surface area contributed by atoms with Gasteiger partial charge in [-0.3, -0.25) is 9.59 Å². The normalized spacial score (nSPS) is 12.2. The van der Waals surface area contributed by atoms with E-state index in [0.29, 0.717) is 16.5 Å². The van der Waals surface area contributed by atoms with Crippen LogP contribution in [0.5, 0.6) is 0 Å². The molecule has 7 heteroatoms. The highest BCUT2D eigenvalue weighted by Crippen LogP contribution is 2.26. The lowest BCUT2D eigenvalue weighted by Gasteiger charge is -2.09. The van der Waals surface area contributed by atoms with Gasteiger partial charge in [-0.25, -0.2) is 4.79 Å². The van der Waals surface area contributed by atoms with Crippen LogP contribution in [0, 0.1) is 0 Å². The average Bonchev–Trinajstić information content (AvgIpc) is 2.63. The van der Waals surface area contributed by atoms with Crippen molar-refractivity contribution < 1.29 is 23.8 Å². The Bertz CT molecular complexity index is 1040. The zero-order valence-electron chi connectivity index (χ0n) is 13.8. The highest BCUT2D eigenvalue weighted by molar-refractivity contribution is 6.04. The van der Waals surface area contributed by atoms with Gasteiger partial charge < -0.3 is 20.0 Å². The molecule has 0 radical (unpaired) electrons. The Morgan fingerprint density at radius 3 is 2.69 bits per heavy atom. The van der Waals surface area contributed by atoms with E-state index in [-0.39, 0.29) is 19.4 Å². The lowest BCUT2D eigenvalue weighted by Crippen LogP contribution is -2.30. The standard InChI is InChI=1S/C19H17NO6/c20-15(19(23)24)7-8-16(21)25-10-12-9-17(22)26-18-13-4-2-1-3-11(13)5-6-14(12)18/h1-6,9,15H,7-8,10,20H2,(H,23,24). The molecule has 26 heavy (non-hydrogen) atoms. The summed E-state index contributed by atoms with van der Waals surface area (Å²) in [5.74, 6) is -1.75. The lowest BCUT2D eigenvalue weighted by molar-refractivity contribution is -0.145. The summed E-state index contributed by atoms with van der Waals surface area (Å²) < 4.78 is 10.5. The molecule has 0 fully saturated rings. The Hall–Kier alpha value is -3.19. The minimum atomic E-state index is -1.17. The number of fused-ring (bicyclic) bond motifs is 3. The van der Waals surface area contributed by atoms with Crippen LogP contribution in [0.1, 0.15) is 18.4 Å². The average molecular weight is 355 g/mol. The maximum Gasteiger partial charge on any atom is 0.336 e. The summed E-state index contributed by atoms with van der Waals surface area (Å²) >= 11 is 0. The molecule has 0 amide bonds. The van der Waals surface area contributed by atoms with Gasteiger partial charge in [-0.05, 0) is 11.8 Å². The predicted octanol–water partition coefficient (Wildman–Crippen LogP) is 2.18. The van der Waals surface area contributed by atoms with Crippen molar-refractivity contribution >= 4 is 33.7 Å². The molecule has 134 valence electrons. The van der Waals surface area contributed by atoms with Gasteiger partial charge in [-0.15, -0.1) is 0 Å². The summed E-state index contributed by atoms with van der Waals surface area (Å²) in [5, 5.41) is 11.1. The van der Waals surface area contributed by atoms with Gasteiger partial charge >= 0.3 is 17.6 Å². The van der Waals surface area contributed by atoms with Crippen LogP contribution in [-0.4, -0.2) is 23.1 Å². The van der Waals surface area contributed by atoms with E-state index >= 15 is 0 Å². The second kappa shape index (κ2) is 7.37. The van der Waals surface area contributed by atoms with Crippen molar-refractivity contribution in [1.29, 1.82) is 0 Å². The first-order valence-electron chi connectivity index (χ1n) is 8.04. The van der Waals surface area contributed by atoms with Crippen molar-refractivity contribution in [3.63, 3.8) is 0 Å². The molecule has 3 aromatic rings. The molecule has 2 aromatic carbocycles. The summed E-state index contributed by atoms with van der Waals surface area (Å²) in [6.07, 6.45) is -0.133. The van der Waals surface area contributed by atoms with E-state index < -0.39 is 23.6 Å². The van der Waals surface area contributed by atoms with E-state index in [9.17, 15) is 14.4 Å². The van der Waals surface area contributed by atoms with Crippen LogP contribution < -0.4 is 11.4 Å². The third-order valence-corrected chi connectivity index (χ3v) is 4.09. The largest absolute Gasteiger partial charge is 0.480 e. The van der Waals surface area contributed by atoms with Crippen molar-refractivity contribution in [1.82, 2.24) is 0 Å². The maximum absolute atomic E-state index is 11.9. The SMILES string of the molecule is NC(CCC(=O)OCc1cc(=O)oc2c1ccc1ccccc12)C(=O)O. The molecule has 3 N–H and O–H groups in total. The minimum absolute atomic E-state index is 0.0174. The number of carboxylic acids is 1. The molecular weight excluding hydrogens is 338 g/mol. The van der Waals surface area contributed by atoms with E-state index in [1.165, 1.54) is 6.07 Å². The number of rotatable bonds is 6. The second-order valence-corrected chi connectivity index (χ2v) is 5.90. The Labute approximate surface area is 148 Å². The van der Waals surface area contributed by atoms with Crippen LogP contribution in [0.4, 0.5) is 0 Å². The quantitative estimate of drug-likeness (QED) is 0.395. The number of benzene rings is 2. The van der Waals surface area contributed by atoms with Gasteiger partial charge in [0, 0.05) is 28.8 Å².